The third-order valence-corrected chi connectivity index (χ3v) is 3.80. The van der Waals surface area contributed by atoms with E-state index in [2.05, 4.69) is 0 Å². The lowest BCUT2D eigenvalue weighted by atomic mass is 10.1. The molecule has 0 saturated carbocycles. The summed E-state index contributed by atoms with van der Waals surface area (Å²) in [6, 6.07) is 10.8. The first-order valence-corrected chi connectivity index (χ1v) is 7.28. The van der Waals surface area contributed by atoms with Crippen molar-refractivity contribution in [2.75, 3.05) is 26.9 Å². The van der Waals surface area contributed by atoms with E-state index >= 15 is 0 Å². The number of carbonyl (C=O) groups is 1. The molecule has 1 aliphatic heterocycles. The number of methoxy groups -OCH3 is 1. The van der Waals surface area contributed by atoms with Gasteiger partial charge < -0.3 is 18.8 Å². The zero-order valence-corrected chi connectivity index (χ0v) is 12.7. The van der Waals surface area contributed by atoms with Crippen LogP contribution < -0.4 is 4.74 Å². The van der Waals surface area contributed by atoms with Crippen molar-refractivity contribution < 1.29 is 18.7 Å². The second kappa shape index (κ2) is 6.23. The second-order valence-electron chi connectivity index (χ2n) is 5.27. The number of carbonyl (C=O) groups excluding carboxylic acids is 1. The van der Waals surface area contributed by atoms with Crippen LogP contribution >= 0.6 is 0 Å². The minimum atomic E-state index is -0.193. The molecule has 5 nitrogen and oxygen atoms in total. The van der Waals surface area contributed by atoms with Gasteiger partial charge in [-0.3, -0.25) is 4.79 Å². The first kappa shape index (κ1) is 14.7. The molecule has 0 bridgehead atoms. The number of nitrogens with zero attached hydrogens (tertiary/aromatic N) is 1. The monoisotopic (exact) mass is 301 g/mol. The van der Waals surface area contributed by atoms with E-state index in [4.69, 9.17) is 13.9 Å². The van der Waals surface area contributed by atoms with Crippen LogP contribution in [0.5, 0.6) is 5.75 Å². The van der Waals surface area contributed by atoms with Crippen LogP contribution in [-0.4, -0.2) is 37.7 Å². The Balaban J connectivity index is 1.88. The molecule has 1 aromatic carbocycles. The first-order chi connectivity index (χ1) is 10.7. The summed E-state index contributed by atoms with van der Waals surface area (Å²) in [4.78, 5) is 14.6. The summed E-state index contributed by atoms with van der Waals surface area (Å²) in [7, 11) is 1.59. The molecule has 0 N–H and O–H groups in total. The standard InChI is InChI=1S/C17H19NO4/c1-12-6-7-16(22-12)15-11-21-9-8-18(15)17(19)13-4-3-5-14(10-13)20-2/h3-7,10,15H,8-9,11H2,1-2H3/t15-/m1/s1. The Bertz CT molecular complexity index is 664. The molecular weight excluding hydrogens is 282 g/mol. The molecule has 1 amide bonds. The fourth-order valence-corrected chi connectivity index (χ4v) is 2.64. The molecule has 1 atom stereocenters. The third-order valence-electron chi connectivity index (χ3n) is 3.80. The van der Waals surface area contributed by atoms with Crippen molar-refractivity contribution in [3.05, 3.63) is 53.5 Å². The summed E-state index contributed by atoms with van der Waals surface area (Å²) in [5.41, 5.74) is 0.606. The summed E-state index contributed by atoms with van der Waals surface area (Å²) in [6.45, 7) is 3.41. The van der Waals surface area contributed by atoms with E-state index in [0.717, 1.165) is 11.5 Å². The van der Waals surface area contributed by atoms with E-state index in [-0.39, 0.29) is 11.9 Å². The molecule has 5 heteroatoms. The van der Waals surface area contributed by atoms with Gasteiger partial charge in [-0.25, -0.2) is 0 Å². The van der Waals surface area contributed by atoms with E-state index in [1.165, 1.54) is 0 Å². The van der Waals surface area contributed by atoms with Gasteiger partial charge in [0.25, 0.3) is 5.91 Å². The molecule has 3 rings (SSSR count). The predicted molar refractivity (Wildman–Crippen MR) is 81.0 cm³/mol. The molecule has 0 spiro atoms. The highest BCUT2D eigenvalue weighted by Gasteiger charge is 2.31. The summed E-state index contributed by atoms with van der Waals surface area (Å²) >= 11 is 0. The Hall–Kier alpha value is -2.27. The fraction of sp³-hybridized carbons (Fsp3) is 0.353. The zero-order valence-electron chi connectivity index (χ0n) is 12.7. The molecule has 1 aromatic heterocycles. The van der Waals surface area contributed by atoms with Crippen LogP contribution in [-0.2, 0) is 4.74 Å². The van der Waals surface area contributed by atoms with Gasteiger partial charge in [-0.1, -0.05) is 6.07 Å². The Morgan fingerprint density at radius 2 is 2.18 bits per heavy atom. The van der Waals surface area contributed by atoms with Gasteiger partial charge in [0, 0.05) is 12.1 Å². The number of rotatable bonds is 3. The van der Waals surface area contributed by atoms with E-state index in [1.807, 2.05) is 31.2 Å². The van der Waals surface area contributed by atoms with Gasteiger partial charge in [0.2, 0.25) is 0 Å². The molecule has 0 radical (unpaired) electrons. The van der Waals surface area contributed by atoms with Gasteiger partial charge in [0.05, 0.1) is 20.3 Å². The summed E-state index contributed by atoms with van der Waals surface area (Å²) in [5, 5.41) is 0. The lowest BCUT2D eigenvalue weighted by Crippen LogP contribution is -2.43. The van der Waals surface area contributed by atoms with Crippen molar-refractivity contribution in [3.63, 3.8) is 0 Å². The molecule has 1 aliphatic rings. The highest BCUT2D eigenvalue weighted by Crippen LogP contribution is 2.28. The molecule has 2 aromatic rings. The number of hydrogen-bond acceptors (Lipinski definition) is 4. The van der Waals surface area contributed by atoms with E-state index in [0.29, 0.717) is 31.1 Å². The second-order valence-corrected chi connectivity index (χ2v) is 5.27. The quantitative estimate of drug-likeness (QED) is 0.875. The van der Waals surface area contributed by atoms with Gasteiger partial charge in [-0.2, -0.15) is 0 Å². The Morgan fingerprint density at radius 3 is 2.91 bits per heavy atom. The van der Waals surface area contributed by atoms with E-state index in [1.54, 1.807) is 24.1 Å². The number of ether oxygens (including phenoxy) is 2. The van der Waals surface area contributed by atoms with Crippen LogP contribution in [0.15, 0.2) is 40.8 Å². The highest BCUT2D eigenvalue weighted by atomic mass is 16.5. The Morgan fingerprint density at radius 1 is 1.32 bits per heavy atom. The largest absolute Gasteiger partial charge is 0.497 e. The van der Waals surface area contributed by atoms with Crippen molar-refractivity contribution in [1.29, 1.82) is 0 Å². The maximum atomic E-state index is 12.8. The molecule has 2 heterocycles. The van der Waals surface area contributed by atoms with Crippen LogP contribution in [0.4, 0.5) is 0 Å². The minimum absolute atomic E-state index is 0.0405. The van der Waals surface area contributed by atoms with E-state index in [9.17, 15) is 4.79 Å². The predicted octanol–water partition coefficient (Wildman–Crippen LogP) is 2.81. The molecule has 1 saturated heterocycles. The Kier molecular flexibility index (Phi) is 4.15. The lowest BCUT2D eigenvalue weighted by Gasteiger charge is -2.34. The maximum Gasteiger partial charge on any atom is 0.254 e. The first-order valence-electron chi connectivity index (χ1n) is 7.28. The number of hydrogen-bond donors (Lipinski definition) is 0. The number of amides is 1. The zero-order chi connectivity index (χ0) is 15.5. The molecule has 116 valence electrons. The van der Waals surface area contributed by atoms with E-state index < -0.39 is 0 Å². The smallest absolute Gasteiger partial charge is 0.254 e. The van der Waals surface area contributed by atoms with Crippen LogP contribution in [0.25, 0.3) is 0 Å². The molecule has 0 unspecified atom stereocenters. The van der Waals surface area contributed by atoms with Gasteiger partial charge in [-0.15, -0.1) is 0 Å². The molecule has 1 fully saturated rings. The summed E-state index contributed by atoms with van der Waals surface area (Å²) in [6.07, 6.45) is 0. The summed E-state index contributed by atoms with van der Waals surface area (Å²) in [5.74, 6) is 2.22. The van der Waals surface area contributed by atoms with Gasteiger partial charge in [0.15, 0.2) is 0 Å². The number of morpholine rings is 1. The average Bonchev–Trinajstić information content (AvgIpc) is 3.00. The minimum Gasteiger partial charge on any atom is -0.497 e. The van der Waals surface area contributed by atoms with Crippen molar-refractivity contribution in [2.24, 2.45) is 0 Å². The SMILES string of the molecule is COc1cccc(C(=O)N2CCOC[C@@H]2c2ccc(C)o2)c1. The van der Waals surface area contributed by atoms with Crippen molar-refractivity contribution in [2.45, 2.75) is 13.0 Å². The average molecular weight is 301 g/mol. The number of benzene rings is 1. The molecular formula is C17H19NO4. The van der Waals surface area contributed by atoms with Gasteiger partial charge in [0.1, 0.15) is 23.3 Å². The summed E-state index contributed by atoms with van der Waals surface area (Å²) < 4.78 is 16.4. The third kappa shape index (κ3) is 2.85. The van der Waals surface area contributed by atoms with Crippen LogP contribution in [0, 0.1) is 6.92 Å². The highest BCUT2D eigenvalue weighted by molar-refractivity contribution is 5.95. The van der Waals surface area contributed by atoms with Crippen molar-refractivity contribution in [3.8, 4) is 5.75 Å². The Labute approximate surface area is 129 Å². The van der Waals surface area contributed by atoms with Crippen molar-refractivity contribution >= 4 is 5.91 Å². The fourth-order valence-electron chi connectivity index (χ4n) is 2.64. The van der Waals surface area contributed by atoms with Crippen LogP contribution in [0.1, 0.15) is 27.9 Å². The lowest BCUT2D eigenvalue weighted by molar-refractivity contribution is -0.00896. The molecule has 0 aliphatic carbocycles. The number of aryl methyl sites for hydroxylation is 1. The molecule has 22 heavy (non-hydrogen) atoms. The topological polar surface area (TPSA) is 51.9 Å². The van der Waals surface area contributed by atoms with Gasteiger partial charge in [-0.05, 0) is 37.3 Å². The normalized spacial score (nSPS) is 18.3. The van der Waals surface area contributed by atoms with Crippen LogP contribution in [0.2, 0.25) is 0 Å². The number of furan rings is 1. The van der Waals surface area contributed by atoms with Crippen LogP contribution in [0.3, 0.4) is 0 Å². The maximum absolute atomic E-state index is 12.8. The van der Waals surface area contributed by atoms with Crippen molar-refractivity contribution in [1.82, 2.24) is 4.90 Å². The van der Waals surface area contributed by atoms with Gasteiger partial charge >= 0.3 is 0 Å².